The third kappa shape index (κ3) is 4.95. The number of carbonyl (C=O) groups excluding carboxylic acids is 2. The van der Waals surface area contributed by atoms with E-state index in [0.29, 0.717) is 16.3 Å². The van der Waals surface area contributed by atoms with Crippen LogP contribution in [0.5, 0.6) is 0 Å². The summed E-state index contributed by atoms with van der Waals surface area (Å²) >= 11 is 1.31. The number of fused-ring (bicyclic) bond motifs is 1. The summed E-state index contributed by atoms with van der Waals surface area (Å²) in [7, 11) is -3.96. The molecule has 0 fully saturated rings. The highest BCUT2D eigenvalue weighted by atomic mass is 32.2. The number of thiazole rings is 1. The van der Waals surface area contributed by atoms with Crippen molar-refractivity contribution in [3.8, 4) is 0 Å². The zero-order chi connectivity index (χ0) is 22.1. The Morgan fingerprint density at radius 3 is 2.47 bits per heavy atom. The van der Waals surface area contributed by atoms with Crippen molar-refractivity contribution in [2.75, 3.05) is 15.4 Å². The second-order valence-corrected chi connectivity index (χ2v) is 9.81. The fraction of sp³-hybridized carbons (Fsp3) is 0.250. The summed E-state index contributed by atoms with van der Waals surface area (Å²) in [6, 6.07) is 9.73. The molecule has 0 unspecified atom stereocenters. The molecule has 0 atom stereocenters. The molecule has 3 aromatic rings. The molecule has 0 spiro atoms. The zero-order valence-electron chi connectivity index (χ0n) is 16.9. The minimum absolute atomic E-state index is 0.0269. The number of aromatic nitrogens is 1. The average Bonchev–Trinajstić information content (AvgIpc) is 3.03. The van der Waals surface area contributed by atoms with Gasteiger partial charge in [0.15, 0.2) is 5.13 Å². The molecular formula is C20H22N4O4S2. The molecule has 0 aliphatic heterocycles. The highest BCUT2D eigenvalue weighted by Crippen LogP contribution is 2.30. The van der Waals surface area contributed by atoms with Gasteiger partial charge < -0.3 is 10.6 Å². The van der Waals surface area contributed by atoms with Gasteiger partial charge in [0.2, 0.25) is 11.8 Å². The van der Waals surface area contributed by atoms with E-state index in [1.807, 2.05) is 0 Å². The van der Waals surface area contributed by atoms with Crippen LogP contribution in [0.3, 0.4) is 0 Å². The summed E-state index contributed by atoms with van der Waals surface area (Å²) in [5, 5.41) is 5.74. The molecule has 0 aliphatic carbocycles. The fourth-order valence-electron chi connectivity index (χ4n) is 2.65. The van der Waals surface area contributed by atoms with Gasteiger partial charge in [-0.2, -0.15) is 0 Å². The third-order valence-electron chi connectivity index (χ3n) is 4.13. The van der Waals surface area contributed by atoms with Crippen LogP contribution in [-0.2, 0) is 19.6 Å². The van der Waals surface area contributed by atoms with Crippen molar-refractivity contribution in [1.82, 2.24) is 4.98 Å². The minimum Gasteiger partial charge on any atom is -0.325 e. The van der Waals surface area contributed by atoms with Gasteiger partial charge in [-0.15, -0.1) is 0 Å². The number of aryl methyl sites for hydroxylation is 1. The van der Waals surface area contributed by atoms with Crippen LogP contribution in [0.25, 0.3) is 10.2 Å². The van der Waals surface area contributed by atoms with Gasteiger partial charge in [0.1, 0.15) is 4.90 Å². The molecule has 0 aliphatic rings. The smallest absolute Gasteiger partial charge is 0.263 e. The van der Waals surface area contributed by atoms with E-state index in [1.54, 1.807) is 51.1 Å². The van der Waals surface area contributed by atoms with E-state index in [1.165, 1.54) is 24.3 Å². The summed E-state index contributed by atoms with van der Waals surface area (Å²) in [6.45, 7) is 6.66. The lowest BCUT2D eigenvalue weighted by Crippen LogP contribution is -2.17. The van der Waals surface area contributed by atoms with Crippen molar-refractivity contribution in [2.45, 2.75) is 32.6 Å². The molecule has 0 saturated heterocycles. The highest BCUT2D eigenvalue weighted by Gasteiger charge is 2.20. The van der Waals surface area contributed by atoms with Crippen molar-refractivity contribution in [1.29, 1.82) is 0 Å². The lowest BCUT2D eigenvalue weighted by molar-refractivity contribution is -0.119. The van der Waals surface area contributed by atoms with Gasteiger partial charge in [0, 0.05) is 12.8 Å². The van der Waals surface area contributed by atoms with E-state index in [2.05, 4.69) is 20.3 Å². The van der Waals surface area contributed by atoms with E-state index in [9.17, 15) is 18.0 Å². The molecule has 0 radical (unpaired) electrons. The van der Waals surface area contributed by atoms with Crippen LogP contribution in [0.4, 0.5) is 16.5 Å². The third-order valence-corrected chi connectivity index (χ3v) is 6.50. The maximum Gasteiger partial charge on any atom is 0.263 e. The molecule has 2 amide bonds. The van der Waals surface area contributed by atoms with E-state index < -0.39 is 10.0 Å². The van der Waals surface area contributed by atoms with Crippen molar-refractivity contribution in [3.05, 3.63) is 42.0 Å². The lowest BCUT2D eigenvalue weighted by Gasteiger charge is -2.13. The van der Waals surface area contributed by atoms with Gasteiger partial charge in [-0.3, -0.25) is 14.3 Å². The molecule has 3 rings (SSSR count). The van der Waals surface area contributed by atoms with Crippen LogP contribution in [0.1, 0.15) is 26.3 Å². The molecule has 1 heterocycles. The van der Waals surface area contributed by atoms with Crippen LogP contribution >= 0.6 is 11.3 Å². The molecule has 8 nitrogen and oxygen atoms in total. The lowest BCUT2D eigenvalue weighted by atomic mass is 10.2. The number of rotatable bonds is 6. The Morgan fingerprint density at radius 1 is 1.07 bits per heavy atom. The predicted molar refractivity (Wildman–Crippen MR) is 119 cm³/mol. The van der Waals surface area contributed by atoms with E-state index >= 15 is 0 Å². The Labute approximate surface area is 178 Å². The van der Waals surface area contributed by atoms with Crippen LogP contribution in [-0.4, -0.2) is 25.2 Å². The maximum atomic E-state index is 13.0. The van der Waals surface area contributed by atoms with Gasteiger partial charge in [-0.1, -0.05) is 31.3 Å². The van der Waals surface area contributed by atoms with E-state index in [4.69, 9.17) is 0 Å². The highest BCUT2D eigenvalue weighted by molar-refractivity contribution is 7.92. The molecule has 10 heteroatoms. The van der Waals surface area contributed by atoms with Crippen LogP contribution < -0.4 is 15.4 Å². The second kappa shape index (κ2) is 8.41. The van der Waals surface area contributed by atoms with Crippen LogP contribution in [0, 0.1) is 12.8 Å². The Balaban J connectivity index is 1.91. The number of sulfonamides is 1. The normalized spacial score (nSPS) is 11.5. The molecular weight excluding hydrogens is 424 g/mol. The Kier molecular flexibility index (Phi) is 6.09. The van der Waals surface area contributed by atoms with Gasteiger partial charge >= 0.3 is 0 Å². The Hall–Kier alpha value is -2.98. The first kappa shape index (κ1) is 21.7. The molecule has 0 saturated carbocycles. The number of hydrogen-bond donors (Lipinski definition) is 3. The van der Waals surface area contributed by atoms with Crippen LogP contribution in [0.2, 0.25) is 0 Å². The number of carbonyl (C=O) groups is 2. The Morgan fingerprint density at radius 2 is 1.80 bits per heavy atom. The van der Waals surface area contributed by atoms with E-state index in [0.717, 1.165) is 10.3 Å². The van der Waals surface area contributed by atoms with Gasteiger partial charge in [0.25, 0.3) is 10.0 Å². The maximum absolute atomic E-state index is 13.0. The number of nitrogens with zero attached hydrogens (tertiary/aromatic N) is 1. The van der Waals surface area contributed by atoms with Gasteiger partial charge in [-0.25, -0.2) is 13.4 Å². The number of nitrogens with one attached hydrogen (secondary N) is 3. The summed E-state index contributed by atoms with van der Waals surface area (Å²) in [5.41, 5.74) is 1.83. The SMILES string of the molecule is CC(=O)Nc1ccc(C)cc1S(=O)(=O)Nc1ccc2sc(NC(=O)C(C)C)nc2c1. The first-order chi connectivity index (χ1) is 14.0. The first-order valence-corrected chi connectivity index (χ1v) is 11.5. The topological polar surface area (TPSA) is 117 Å². The largest absolute Gasteiger partial charge is 0.325 e. The molecule has 158 valence electrons. The van der Waals surface area contributed by atoms with Gasteiger partial charge in [0.05, 0.1) is 21.6 Å². The quantitative estimate of drug-likeness (QED) is 0.530. The molecule has 30 heavy (non-hydrogen) atoms. The predicted octanol–water partition coefficient (Wildman–Crippen LogP) is 3.96. The van der Waals surface area contributed by atoms with Crippen molar-refractivity contribution in [2.24, 2.45) is 5.92 Å². The number of benzene rings is 2. The molecule has 0 bridgehead atoms. The average molecular weight is 447 g/mol. The molecule has 3 N–H and O–H groups in total. The number of amides is 2. The monoisotopic (exact) mass is 446 g/mol. The van der Waals surface area contributed by atoms with Gasteiger partial charge in [-0.05, 0) is 42.8 Å². The minimum atomic E-state index is -3.96. The zero-order valence-corrected chi connectivity index (χ0v) is 18.6. The Bertz CT molecular complexity index is 1230. The van der Waals surface area contributed by atoms with E-state index in [-0.39, 0.29) is 28.3 Å². The second-order valence-electron chi connectivity index (χ2n) is 7.13. The summed E-state index contributed by atoms with van der Waals surface area (Å²) < 4.78 is 29.3. The summed E-state index contributed by atoms with van der Waals surface area (Å²) in [4.78, 5) is 27.6. The summed E-state index contributed by atoms with van der Waals surface area (Å²) in [6.07, 6.45) is 0. The standard InChI is InChI=1S/C20H22N4O4S2/c1-11(2)19(26)23-20-22-16-10-14(6-8-17(16)29-20)24-30(27,28)18-9-12(3)5-7-15(18)21-13(4)25/h5-11,24H,1-4H3,(H,21,25)(H,22,23,26). The van der Waals surface area contributed by atoms with Crippen molar-refractivity contribution < 1.29 is 18.0 Å². The van der Waals surface area contributed by atoms with Crippen molar-refractivity contribution >= 4 is 59.9 Å². The first-order valence-electron chi connectivity index (χ1n) is 9.17. The van der Waals surface area contributed by atoms with Crippen LogP contribution in [0.15, 0.2) is 41.3 Å². The summed E-state index contributed by atoms with van der Waals surface area (Å²) in [5.74, 6) is -0.679. The molecule has 2 aromatic carbocycles. The fourth-order valence-corrected chi connectivity index (χ4v) is 4.80. The molecule has 1 aromatic heterocycles. The number of hydrogen-bond acceptors (Lipinski definition) is 6. The number of anilines is 3. The van der Waals surface area contributed by atoms with Crippen molar-refractivity contribution in [3.63, 3.8) is 0 Å².